The summed E-state index contributed by atoms with van der Waals surface area (Å²) in [7, 11) is 1.78. The highest BCUT2D eigenvalue weighted by Crippen LogP contribution is 2.22. The second-order valence-electron chi connectivity index (χ2n) is 6.17. The van der Waals surface area contributed by atoms with Crippen molar-refractivity contribution in [2.24, 2.45) is 0 Å². The van der Waals surface area contributed by atoms with E-state index in [4.69, 9.17) is 23.2 Å². The third kappa shape index (κ3) is 7.11. The van der Waals surface area contributed by atoms with E-state index < -0.39 is 11.6 Å². The van der Waals surface area contributed by atoms with Gasteiger partial charge in [-0.25, -0.2) is 4.79 Å². The molecule has 0 unspecified atom stereocenters. The Balaban J connectivity index is 2.47. The molecule has 0 aromatic heterocycles. The molecule has 3 amide bonds. The molecule has 0 heterocycles. The van der Waals surface area contributed by atoms with Crippen LogP contribution in [0.2, 0.25) is 10.0 Å². The Kier molecular flexibility index (Phi) is 6.66. The Morgan fingerprint density at radius 2 is 1.82 bits per heavy atom. The van der Waals surface area contributed by atoms with E-state index in [0.717, 1.165) is 5.56 Å². The number of hydrogen-bond acceptors (Lipinski definition) is 3. The van der Waals surface area contributed by atoms with Crippen molar-refractivity contribution >= 4 is 35.1 Å². The fourth-order valence-corrected chi connectivity index (χ4v) is 2.11. The molecule has 0 saturated carbocycles. The van der Waals surface area contributed by atoms with Crippen LogP contribution in [0, 0.1) is 0 Å². The molecule has 2 N–H and O–H groups in total. The van der Waals surface area contributed by atoms with Gasteiger partial charge >= 0.3 is 6.03 Å². The van der Waals surface area contributed by atoms with Gasteiger partial charge in [0.05, 0.1) is 16.6 Å². The maximum atomic E-state index is 11.8. The minimum Gasteiger partial charge on any atom is -0.333 e. The fraction of sp³-hybridized carbons (Fsp3) is 0.467. The number of nitrogens with one attached hydrogen (secondary N) is 2. The van der Waals surface area contributed by atoms with Gasteiger partial charge in [0, 0.05) is 12.1 Å². The van der Waals surface area contributed by atoms with E-state index in [2.05, 4.69) is 10.6 Å². The SMILES string of the molecule is CN(CC(=O)NC(=O)NC(C)(C)C)Cc1ccc(Cl)c(Cl)c1. The summed E-state index contributed by atoms with van der Waals surface area (Å²) in [5.74, 6) is -0.371. The van der Waals surface area contributed by atoms with Crippen molar-refractivity contribution in [2.45, 2.75) is 32.9 Å². The second kappa shape index (κ2) is 7.81. The quantitative estimate of drug-likeness (QED) is 0.881. The molecule has 0 aliphatic heterocycles. The maximum Gasteiger partial charge on any atom is 0.321 e. The number of halogens is 2. The molecule has 122 valence electrons. The number of rotatable bonds is 4. The van der Waals surface area contributed by atoms with Gasteiger partial charge < -0.3 is 5.32 Å². The third-order valence-corrected chi connectivity index (χ3v) is 3.33. The van der Waals surface area contributed by atoms with Crippen molar-refractivity contribution in [2.75, 3.05) is 13.6 Å². The molecule has 0 aliphatic carbocycles. The number of imide groups is 1. The molecular formula is C15H21Cl2N3O2. The predicted molar refractivity (Wildman–Crippen MR) is 89.2 cm³/mol. The minimum atomic E-state index is -0.500. The summed E-state index contributed by atoms with van der Waals surface area (Å²) in [5, 5.41) is 5.93. The number of likely N-dealkylation sites (N-methyl/N-ethyl adjacent to an activating group) is 1. The Morgan fingerprint density at radius 3 is 2.36 bits per heavy atom. The molecule has 0 fully saturated rings. The Bertz CT molecular complexity index is 556. The van der Waals surface area contributed by atoms with Crippen LogP contribution >= 0.6 is 23.2 Å². The van der Waals surface area contributed by atoms with Crippen molar-refractivity contribution < 1.29 is 9.59 Å². The van der Waals surface area contributed by atoms with Gasteiger partial charge in [0.1, 0.15) is 0 Å². The molecular weight excluding hydrogens is 325 g/mol. The first kappa shape index (κ1) is 18.7. The number of amides is 3. The third-order valence-electron chi connectivity index (χ3n) is 2.59. The van der Waals surface area contributed by atoms with Crippen LogP contribution < -0.4 is 10.6 Å². The van der Waals surface area contributed by atoms with Gasteiger partial charge in [0.15, 0.2) is 0 Å². The highest BCUT2D eigenvalue weighted by Gasteiger charge is 2.16. The van der Waals surface area contributed by atoms with Crippen molar-refractivity contribution in [3.05, 3.63) is 33.8 Å². The highest BCUT2D eigenvalue weighted by molar-refractivity contribution is 6.42. The lowest BCUT2D eigenvalue weighted by molar-refractivity contribution is -0.121. The van der Waals surface area contributed by atoms with Crippen molar-refractivity contribution in [1.82, 2.24) is 15.5 Å². The second-order valence-corrected chi connectivity index (χ2v) is 6.99. The van der Waals surface area contributed by atoms with Gasteiger partial charge in [-0.15, -0.1) is 0 Å². The summed E-state index contributed by atoms with van der Waals surface area (Å²) in [6, 6.07) is 4.81. The number of carbonyl (C=O) groups excluding carboxylic acids is 2. The number of urea groups is 1. The van der Waals surface area contributed by atoms with Crippen molar-refractivity contribution in [3.8, 4) is 0 Å². The molecule has 0 saturated heterocycles. The lowest BCUT2D eigenvalue weighted by Crippen LogP contribution is -2.50. The summed E-state index contributed by atoms with van der Waals surface area (Å²) in [4.78, 5) is 25.2. The van der Waals surface area contributed by atoms with Gasteiger partial charge in [-0.2, -0.15) is 0 Å². The lowest BCUT2D eigenvalue weighted by Gasteiger charge is -2.21. The summed E-state index contributed by atoms with van der Waals surface area (Å²) in [6.07, 6.45) is 0. The van der Waals surface area contributed by atoms with Gasteiger partial charge in [-0.3, -0.25) is 15.0 Å². The van der Waals surface area contributed by atoms with Crippen LogP contribution in [0.25, 0.3) is 0 Å². The minimum absolute atomic E-state index is 0.0950. The van der Waals surface area contributed by atoms with Crippen LogP contribution in [0.15, 0.2) is 18.2 Å². The molecule has 0 bridgehead atoms. The first-order chi connectivity index (χ1) is 10.1. The molecule has 0 spiro atoms. The van der Waals surface area contributed by atoms with Crippen LogP contribution in [-0.2, 0) is 11.3 Å². The molecule has 0 aliphatic rings. The number of hydrogen-bond donors (Lipinski definition) is 2. The summed E-state index contributed by atoms with van der Waals surface area (Å²) < 4.78 is 0. The molecule has 7 heteroatoms. The predicted octanol–water partition coefficient (Wildman–Crippen LogP) is 3.05. The van der Waals surface area contributed by atoms with Gasteiger partial charge in [0.25, 0.3) is 0 Å². The first-order valence-corrected chi connectivity index (χ1v) is 7.57. The Hall–Kier alpha value is -1.30. The van der Waals surface area contributed by atoms with E-state index in [0.29, 0.717) is 16.6 Å². The van der Waals surface area contributed by atoms with Crippen LogP contribution in [0.4, 0.5) is 4.79 Å². The zero-order valence-electron chi connectivity index (χ0n) is 13.2. The molecule has 1 aromatic carbocycles. The van der Waals surface area contributed by atoms with Gasteiger partial charge in [0.2, 0.25) is 5.91 Å². The zero-order chi connectivity index (χ0) is 16.9. The van der Waals surface area contributed by atoms with Gasteiger partial charge in [-0.1, -0.05) is 29.3 Å². The average molecular weight is 346 g/mol. The molecule has 0 radical (unpaired) electrons. The summed E-state index contributed by atoms with van der Waals surface area (Å²) in [5.41, 5.74) is 0.542. The molecule has 5 nitrogen and oxygen atoms in total. The Labute approximate surface area is 141 Å². The zero-order valence-corrected chi connectivity index (χ0v) is 14.7. The van der Waals surface area contributed by atoms with Crippen LogP contribution in [-0.4, -0.2) is 36.0 Å². The highest BCUT2D eigenvalue weighted by atomic mass is 35.5. The van der Waals surface area contributed by atoms with Crippen molar-refractivity contribution in [3.63, 3.8) is 0 Å². The van der Waals surface area contributed by atoms with Gasteiger partial charge in [-0.05, 0) is 45.5 Å². The van der Waals surface area contributed by atoms with E-state index in [1.165, 1.54) is 0 Å². The standard InChI is InChI=1S/C15H21Cl2N3O2/c1-15(2,3)19-14(22)18-13(21)9-20(4)8-10-5-6-11(16)12(17)7-10/h5-7H,8-9H2,1-4H3,(H2,18,19,21,22). The largest absolute Gasteiger partial charge is 0.333 e. The number of nitrogens with zero attached hydrogens (tertiary/aromatic N) is 1. The monoisotopic (exact) mass is 345 g/mol. The van der Waals surface area contributed by atoms with Crippen LogP contribution in [0.1, 0.15) is 26.3 Å². The average Bonchev–Trinajstić information content (AvgIpc) is 2.30. The van der Waals surface area contributed by atoms with E-state index >= 15 is 0 Å². The summed E-state index contributed by atoms with van der Waals surface area (Å²) >= 11 is 11.8. The molecule has 1 rings (SSSR count). The maximum absolute atomic E-state index is 11.8. The fourth-order valence-electron chi connectivity index (χ4n) is 1.79. The van der Waals surface area contributed by atoms with Crippen LogP contribution in [0.3, 0.4) is 0 Å². The van der Waals surface area contributed by atoms with E-state index in [1.54, 1.807) is 24.1 Å². The van der Waals surface area contributed by atoms with E-state index in [9.17, 15) is 9.59 Å². The molecule has 22 heavy (non-hydrogen) atoms. The number of carbonyl (C=O) groups is 2. The normalized spacial score (nSPS) is 11.4. The van der Waals surface area contributed by atoms with E-state index in [1.807, 2.05) is 26.8 Å². The van der Waals surface area contributed by atoms with E-state index in [-0.39, 0.29) is 12.5 Å². The molecule has 1 aromatic rings. The van der Waals surface area contributed by atoms with Crippen LogP contribution in [0.5, 0.6) is 0 Å². The Morgan fingerprint density at radius 1 is 1.18 bits per heavy atom. The number of benzene rings is 1. The van der Waals surface area contributed by atoms with Crippen molar-refractivity contribution in [1.29, 1.82) is 0 Å². The lowest BCUT2D eigenvalue weighted by atomic mass is 10.1. The summed E-state index contributed by atoms with van der Waals surface area (Å²) in [6.45, 7) is 6.14. The smallest absolute Gasteiger partial charge is 0.321 e. The topological polar surface area (TPSA) is 61.4 Å². The first-order valence-electron chi connectivity index (χ1n) is 6.81. The molecule has 0 atom stereocenters.